The van der Waals surface area contributed by atoms with Crippen molar-refractivity contribution in [2.24, 2.45) is 0 Å². The first-order chi connectivity index (χ1) is 12.2. The number of aryl methyl sites for hydroxylation is 1. The van der Waals surface area contributed by atoms with E-state index in [1.807, 2.05) is 49.2 Å². The molecule has 0 saturated heterocycles. The molecule has 6 heteroatoms. The summed E-state index contributed by atoms with van der Waals surface area (Å²) < 4.78 is 2.10. The van der Waals surface area contributed by atoms with Gasteiger partial charge in [-0.25, -0.2) is 15.0 Å². The summed E-state index contributed by atoms with van der Waals surface area (Å²) in [5.74, 6) is 1.58. The van der Waals surface area contributed by atoms with Crippen LogP contribution in [0.25, 0.3) is 22.1 Å². The van der Waals surface area contributed by atoms with E-state index in [2.05, 4.69) is 43.6 Å². The molecule has 5 nitrogen and oxygen atoms in total. The first-order valence-electron chi connectivity index (χ1n) is 8.04. The van der Waals surface area contributed by atoms with E-state index in [0.29, 0.717) is 0 Å². The van der Waals surface area contributed by atoms with Gasteiger partial charge in [-0.2, -0.15) is 0 Å². The lowest BCUT2D eigenvalue weighted by Gasteiger charge is -2.16. The molecule has 0 aromatic carbocycles. The average molecular weight is 347 g/mol. The van der Waals surface area contributed by atoms with Crippen molar-refractivity contribution < 1.29 is 0 Å². The third-order valence-electron chi connectivity index (χ3n) is 4.10. The molecular weight excluding hydrogens is 330 g/mol. The van der Waals surface area contributed by atoms with Crippen LogP contribution in [-0.4, -0.2) is 24.5 Å². The second kappa shape index (κ2) is 6.57. The van der Waals surface area contributed by atoms with Crippen LogP contribution in [0.2, 0.25) is 0 Å². The molecule has 0 N–H and O–H groups in total. The Hall–Kier alpha value is -2.86. The molecule has 4 aromatic rings. The summed E-state index contributed by atoms with van der Waals surface area (Å²) in [4.78, 5) is 19.1. The van der Waals surface area contributed by atoms with Gasteiger partial charge in [-0.3, -0.25) is 4.98 Å². The molecule has 0 aliphatic heterocycles. The Kier molecular flexibility index (Phi) is 4.11. The molecular formula is C19H17N5S. The predicted molar refractivity (Wildman–Crippen MR) is 99.4 cm³/mol. The van der Waals surface area contributed by atoms with Gasteiger partial charge in [0.05, 0.1) is 22.2 Å². The summed E-state index contributed by atoms with van der Waals surface area (Å²) in [6.07, 6.45) is 9.32. The molecule has 4 rings (SSSR count). The van der Waals surface area contributed by atoms with Crippen molar-refractivity contribution in [2.45, 2.75) is 19.9 Å². The van der Waals surface area contributed by atoms with Gasteiger partial charge in [0.15, 0.2) is 5.82 Å². The minimum Gasteiger partial charge on any atom is -0.322 e. The molecule has 0 fully saturated rings. The Bertz CT molecular complexity index is 956. The molecule has 0 spiro atoms. The first-order valence-corrected chi connectivity index (χ1v) is 8.92. The molecule has 0 unspecified atom stereocenters. The van der Waals surface area contributed by atoms with E-state index in [4.69, 9.17) is 0 Å². The maximum Gasteiger partial charge on any atom is 0.169 e. The van der Waals surface area contributed by atoms with Crippen molar-refractivity contribution in [3.05, 3.63) is 71.9 Å². The average Bonchev–Trinajstić information content (AvgIpc) is 3.34. The van der Waals surface area contributed by atoms with Gasteiger partial charge in [-0.15, -0.1) is 11.3 Å². The van der Waals surface area contributed by atoms with Gasteiger partial charge < -0.3 is 4.57 Å². The summed E-state index contributed by atoms with van der Waals surface area (Å²) in [6.45, 7) is 4.15. The summed E-state index contributed by atoms with van der Waals surface area (Å²) in [5.41, 5.74) is 3.05. The van der Waals surface area contributed by atoms with E-state index in [-0.39, 0.29) is 6.04 Å². The van der Waals surface area contributed by atoms with Gasteiger partial charge in [0.1, 0.15) is 5.82 Å². The van der Waals surface area contributed by atoms with E-state index >= 15 is 0 Å². The number of aromatic nitrogens is 5. The zero-order valence-electron chi connectivity index (χ0n) is 14.0. The highest BCUT2D eigenvalue weighted by atomic mass is 32.1. The smallest absolute Gasteiger partial charge is 0.169 e. The van der Waals surface area contributed by atoms with E-state index in [1.165, 1.54) is 0 Å². The van der Waals surface area contributed by atoms with Crippen LogP contribution in [0.4, 0.5) is 0 Å². The molecule has 4 aromatic heterocycles. The molecule has 124 valence electrons. The fraction of sp³-hybridized carbons (Fsp3) is 0.158. The Balaban J connectivity index is 1.66. The van der Waals surface area contributed by atoms with Gasteiger partial charge in [0.25, 0.3) is 0 Å². The van der Waals surface area contributed by atoms with Crippen LogP contribution in [0.3, 0.4) is 0 Å². The van der Waals surface area contributed by atoms with E-state index in [0.717, 1.165) is 33.3 Å². The topological polar surface area (TPSA) is 56.5 Å². The largest absolute Gasteiger partial charge is 0.322 e. The number of nitrogens with zero attached hydrogens (tertiary/aromatic N) is 5. The van der Waals surface area contributed by atoms with Crippen LogP contribution >= 0.6 is 11.3 Å². The first kappa shape index (κ1) is 15.7. The van der Waals surface area contributed by atoms with Crippen molar-refractivity contribution in [3.63, 3.8) is 0 Å². The molecule has 0 saturated carbocycles. The van der Waals surface area contributed by atoms with Crippen molar-refractivity contribution in [2.75, 3.05) is 0 Å². The number of rotatable bonds is 4. The molecule has 4 heterocycles. The number of thiophene rings is 1. The lowest BCUT2D eigenvalue weighted by atomic mass is 10.1. The SMILES string of the molecule is Cc1ccc([C@H](C)n2ccnc2-c2cnc(-c3cccs3)nc2)nc1. The maximum atomic E-state index is 4.54. The van der Waals surface area contributed by atoms with E-state index in [9.17, 15) is 0 Å². The number of imidazole rings is 1. The number of pyridine rings is 1. The second-order valence-corrected chi connectivity index (χ2v) is 6.81. The van der Waals surface area contributed by atoms with Crippen LogP contribution in [0.15, 0.2) is 60.6 Å². The van der Waals surface area contributed by atoms with Crippen LogP contribution in [0.1, 0.15) is 24.2 Å². The summed E-state index contributed by atoms with van der Waals surface area (Å²) in [5, 5.41) is 2.02. The summed E-state index contributed by atoms with van der Waals surface area (Å²) in [7, 11) is 0. The number of hydrogen-bond donors (Lipinski definition) is 0. The molecule has 0 radical (unpaired) electrons. The zero-order chi connectivity index (χ0) is 17.2. The Labute approximate surface area is 150 Å². The van der Waals surface area contributed by atoms with E-state index in [1.54, 1.807) is 17.5 Å². The minimum atomic E-state index is 0.0788. The van der Waals surface area contributed by atoms with Crippen molar-refractivity contribution >= 4 is 11.3 Å². The van der Waals surface area contributed by atoms with Crippen molar-refractivity contribution in [1.82, 2.24) is 24.5 Å². The molecule has 0 bridgehead atoms. The standard InChI is InChI=1S/C19H17N5S/c1-13-5-6-16(21-10-13)14(2)24-8-7-20-19(24)15-11-22-18(23-12-15)17-4-3-9-25-17/h3-12,14H,1-2H3/t14-/m0/s1. The van der Waals surface area contributed by atoms with E-state index < -0.39 is 0 Å². The maximum absolute atomic E-state index is 4.54. The van der Waals surface area contributed by atoms with Gasteiger partial charge in [0.2, 0.25) is 0 Å². The van der Waals surface area contributed by atoms with Gasteiger partial charge in [0, 0.05) is 31.0 Å². The quantitative estimate of drug-likeness (QED) is 0.550. The van der Waals surface area contributed by atoms with Crippen LogP contribution in [-0.2, 0) is 0 Å². The highest BCUT2D eigenvalue weighted by molar-refractivity contribution is 7.13. The molecule has 0 aliphatic carbocycles. The Morgan fingerprint density at radius 1 is 1.00 bits per heavy atom. The molecule has 25 heavy (non-hydrogen) atoms. The number of hydrogen-bond acceptors (Lipinski definition) is 5. The third-order valence-corrected chi connectivity index (χ3v) is 4.97. The van der Waals surface area contributed by atoms with Gasteiger partial charge >= 0.3 is 0 Å². The fourth-order valence-electron chi connectivity index (χ4n) is 2.69. The van der Waals surface area contributed by atoms with Crippen LogP contribution in [0, 0.1) is 6.92 Å². The minimum absolute atomic E-state index is 0.0788. The molecule has 1 atom stereocenters. The molecule has 0 amide bonds. The highest BCUT2D eigenvalue weighted by Crippen LogP contribution is 2.26. The second-order valence-electron chi connectivity index (χ2n) is 5.87. The lowest BCUT2D eigenvalue weighted by molar-refractivity contribution is 0.626. The zero-order valence-corrected chi connectivity index (χ0v) is 14.8. The summed E-state index contributed by atoms with van der Waals surface area (Å²) >= 11 is 1.63. The van der Waals surface area contributed by atoms with Crippen molar-refractivity contribution in [3.8, 4) is 22.1 Å². The van der Waals surface area contributed by atoms with Crippen LogP contribution in [0.5, 0.6) is 0 Å². The lowest BCUT2D eigenvalue weighted by Crippen LogP contribution is -2.09. The van der Waals surface area contributed by atoms with Crippen molar-refractivity contribution in [1.29, 1.82) is 0 Å². The van der Waals surface area contributed by atoms with Gasteiger partial charge in [-0.1, -0.05) is 12.1 Å². The Morgan fingerprint density at radius 2 is 1.84 bits per heavy atom. The Morgan fingerprint density at radius 3 is 2.52 bits per heavy atom. The van der Waals surface area contributed by atoms with Gasteiger partial charge in [-0.05, 0) is 36.9 Å². The summed E-state index contributed by atoms with van der Waals surface area (Å²) in [6, 6.07) is 8.23. The van der Waals surface area contributed by atoms with Crippen LogP contribution < -0.4 is 0 Å². The normalized spacial score (nSPS) is 12.2. The highest BCUT2D eigenvalue weighted by Gasteiger charge is 2.15. The predicted octanol–water partition coefficient (Wildman–Crippen LogP) is 4.38. The third kappa shape index (κ3) is 3.08. The monoisotopic (exact) mass is 347 g/mol. The molecule has 0 aliphatic rings. The fourth-order valence-corrected chi connectivity index (χ4v) is 3.37.